The van der Waals surface area contributed by atoms with E-state index in [0.29, 0.717) is 5.56 Å². The highest BCUT2D eigenvalue weighted by molar-refractivity contribution is 7.99. The van der Waals surface area contributed by atoms with E-state index < -0.39 is 4.30 Å². The first-order valence-corrected chi connectivity index (χ1v) is 15.4. The molecule has 0 unspecified atom stereocenters. The van der Waals surface area contributed by atoms with E-state index in [1.807, 2.05) is 48.2 Å². The Morgan fingerprint density at radius 1 is 0.854 bits per heavy atom. The van der Waals surface area contributed by atoms with Crippen LogP contribution in [-0.2, 0) is 0 Å². The molecule has 208 valence electrons. The van der Waals surface area contributed by atoms with Gasteiger partial charge in [-0.05, 0) is 78.6 Å². The Kier molecular flexibility index (Phi) is 8.87. The molecule has 0 radical (unpaired) electrons. The lowest BCUT2D eigenvalue weighted by Crippen LogP contribution is -2.25. The summed E-state index contributed by atoms with van der Waals surface area (Å²) < 4.78 is 1.44. The summed E-state index contributed by atoms with van der Waals surface area (Å²) in [4.78, 5) is 10.0. The minimum absolute atomic E-state index is 0.256. The SMILES string of the molecule is CC(C)(C)CCN1c2ccccc2Sc2cc(-c3nc4ccccc4n3-c3ccc(C#N)cc3)ccc21.ClC(Cl)Cl. The molecule has 0 aliphatic carbocycles. The average molecular weight is 620 g/mol. The zero-order valence-electron chi connectivity index (χ0n) is 23.0. The van der Waals surface area contributed by atoms with Crippen LogP contribution in [0.25, 0.3) is 28.1 Å². The van der Waals surface area contributed by atoms with Gasteiger partial charge in [-0.25, -0.2) is 4.98 Å². The molecule has 0 saturated heterocycles. The zero-order chi connectivity index (χ0) is 29.1. The first-order valence-electron chi connectivity index (χ1n) is 13.2. The van der Waals surface area contributed by atoms with Gasteiger partial charge in [0.1, 0.15) is 5.82 Å². The Morgan fingerprint density at radius 3 is 2.22 bits per heavy atom. The van der Waals surface area contributed by atoms with Crippen molar-refractivity contribution < 1.29 is 0 Å². The van der Waals surface area contributed by atoms with Gasteiger partial charge in [-0.3, -0.25) is 4.57 Å². The molecular formula is C33H29Cl3N4S. The molecule has 4 aromatic carbocycles. The van der Waals surface area contributed by atoms with Gasteiger partial charge in [-0.2, -0.15) is 5.26 Å². The summed E-state index contributed by atoms with van der Waals surface area (Å²) in [5.41, 5.74) is 7.49. The highest BCUT2D eigenvalue weighted by Gasteiger charge is 2.26. The summed E-state index contributed by atoms with van der Waals surface area (Å²) in [6, 6.07) is 33.6. The van der Waals surface area contributed by atoms with Gasteiger partial charge >= 0.3 is 0 Å². The fourth-order valence-electron chi connectivity index (χ4n) is 4.83. The molecule has 0 amide bonds. The van der Waals surface area contributed by atoms with Crippen molar-refractivity contribution in [2.75, 3.05) is 11.4 Å². The third-order valence-corrected chi connectivity index (χ3v) is 7.90. The Balaban J connectivity index is 0.000000794. The van der Waals surface area contributed by atoms with E-state index in [0.717, 1.165) is 41.1 Å². The van der Waals surface area contributed by atoms with E-state index in [-0.39, 0.29) is 5.41 Å². The van der Waals surface area contributed by atoms with Gasteiger partial charge in [0.2, 0.25) is 0 Å². The van der Waals surface area contributed by atoms with Crippen LogP contribution in [-0.4, -0.2) is 20.4 Å². The molecule has 6 rings (SSSR count). The summed E-state index contributed by atoms with van der Waals surface area (Å²) in [5.74, 6) is 0.898. The Bertz CT molecular complexity index is 1710. The Hall–Kier alpha value is -3.14. The Morgan fingerprint density at radius 2 is 1.51 bits per heavy atom. The number of benzene rings is 4. The number of alkyl halides is 3. The number of hydrogen-bond donors (Lipinski definition) is 0. The van der Waals surface area contributed by atoms with Crippen molar-refractivity contribution in [1.29, 1.82) is 5.26 Å². The van der Waals surface area contributed by atoms with Crippen LogP contribution >= 0.6 is 46.6 Å². The molecule has 0 spiro atoms. The van der Waals surface area contributed by atoms with Gasteiger partial charge < -0.3 is 4.90 Å². The van der Waals surface area contributed by atoms with Gasteiger partial charge in [-0.15, -0.1) is 0 Å². The first-order chi connectivity index (χ1) is 19.6. The number of imidazole rings is 1. The van der Waals surface area contributed by atoms with Gasteiger partial charge in [0.15, 0.2) is 4.30 Å². The summed E-state index contributed by atoms with van der Waals surface area (Å²) in [5, 5.41) is 9.27. The van der Waals surface area contributed by atoms with Crippen molar-refractivity contribution in [2.24, 2.45) is 5.41 Å². The van der Waals surface area contributed by atoms with Crippen LogP contribution in [0.4, 0.5) is 11.4 Å². The average Bonchev–Trinajstić information content (AvgIpc) is 3.34. The van der Waals surface area contributed by atoms with Crippen molar-refractivity contribution in [3.63, 3.8) is 0 Å². The number of nitriles is 1. The molecule has 0 saturated carbocycles. The van der Waals surface area contributed by atoms with E-state index in [4.69, 9.17) is 39.8 Å². The van der Waals surface area contributed by atoms with Gasteiger partial charge in [-0.1, -0.05) is 91.6 Å². The maximum absolute atomic E-state index is 9.27. The van der Waals surface area contributed by atoms with Crippen LogP contribution in [0.5, 0.6) is 0 Å². The lowest BCUT2D eigenvalue weighted by Gasteiger charge is -2.35. The minimum Gasteiger partial charge on any atom is -0.340 e. The molecule has 2 heterocycles. The largest absolute Gasteiger partial charge is 0.340 e. The van der Waals surface area contributed by atoms with Crippen molar-refractivity contribution in [3.8, 4) is 23.1 Å². The fraction of sp³-hybridized carbons (Fsp3) is 0.212. The monoisotopic (exact) mass is 618 g/mol. The maximum Gasteiger partial charge on any atom is 0.180 e. The zero-order valence-corrected chi connectivity index (χ0v) is 26.1. The van der Waals surface area contributed by atoms with Crippen LogP contribution in [0.2, 0.25) is 0 Å². The summed E-state index contributed by atoms with van der Waals surface area (Å²) in [6.45, 7) is 7.87. The van der Waals surface area contributed by atoms with Gasteiger partial charge in [0.25, 0.3) is 0 Å². The molecule has 0 fully saturated rings. The second kappa shape index (κ2) is 12.4. The molecule has 1 aliphatic heterocycles. The smallest absolute Gasteiger partial charge is 0.180 e. The van der Waals surface area contributed by atoms with E-state index >= 15 is 0 Å². The standard InChI is InChI=1S/C32H28N4S.CHCl3/c1-32(2,3)18-19-35-27-10-6-7-11-29(27)37-30-20-23(14-17-28(30)35)31-34-25-8-4-5-9-26(25)36(31)24-15-12-22(21-33)13-16-24;2-1(3)4/h4-17,20H,18-19H2,1-3H3;1H. The molecule has 1 aliphatic rings. The van der Waals surface area contributed by atoms with Crippen LogP contribution in [0, 0.1) is 16.7 Å². The molecule has 4 nitrogen and oxygen atoms in total. The first kappa shape index (κ1) is 29.4. The van der Waals surface area contributed by atoms with Crippen LogP contribution in [0.3, 0.4) is 0 Å². The predicted octanol–water partition coefficient (Wildman–Crippen LogP) is 10.6. The molecule has 41 heavy (non-hydrogen) atoms. The molecule has 1 aromatic heterocycles. The van der Waals surface area contributed by atoms with Crippen molar-refractivity contribution >= 4 is 69.0 Å². The van der Waals surface area contributed by atoms with Crippen molar-refractivity contribution in [3.05, 3.63) is 96.6 Å². The van der Waals surface area contributed by atoms with Gasteiger partial charge in [0, 0.05) is 27.6 Å². The highest BCUT2D eigenvalue weighted by Crippen LogP contribution is 2.49. The van der Waals surface area contributed by atoms with Gasteiger partial charge in [0.05, 0.1) is 34.0 Å². The third kappa shape index (κ3) is 6.68. The number of rotatable bonds is 4. The maximum atomic E-state index is 9.27. The van der Waals surface area contributed by atoms with Crippen molar-refractivity contribution in [1.82, 2.24) is 9.55 Å². The van der Waals surface area contributed by atoms with Crippen LogP contribution in [0.1, 0.15) is 32.8 Å². The normalized spacial score (nSPS) is 12.4. The predicted molar refractivity (Wildman–Crippen MR) is 174 cm³/mol. The van der Waals surface area contributed by atoms with Crippen LogP contribution < -0.4 is 4.90 Å². The number of anilines is 2. The summed E-state index contributed by atoms with van der Waals surface area (Å²) in [6.07, 6.45) is 1.10. The Labute approximate surface area is 260 Å². The van der Waals surface area contributed by atoms with E-state index in [9.17, 15) is 5.26 Å². The van der Waals surface area contributed by atoms with E-state index in [1.165, 1.54) is 21.2 Å². The van der Waals surface area contributed by atoms with Crippen LogP contribution in [0.15, 0.2) is 101 Å². The molecule has 5 aromatic rings. The number of hydrogen-bond acceptors (Lipinski definition) is 4. The molecule has 0 bridgehead atoms. The number of nitrogens with zero attached hydrogens (tertiary/aromatic N) is 4. The lowest BCUT2D eigenvalue weighted by atomic mass is 9.92. The second-order valence-electron chi connectivity index (χ2n) is 10.9. The molecule has 0 atom stereocenters. The third-order valence-electron chi connectivity index (χ3n) is 6.79. The number of para-hydroxylation sites is 3. The summed E-state index contributed by atoms with van der Waals surface area (Å²) >= 11 is 16.2. The number of aromatic nitrogens is 2. The lowest BCUT2D eigenvalue weighted by molar-refractivity contribution is 0.383. The number of fused-ring (bicyclic) bond motifs is 3. The highest BCUT2D eigenvalue weighted by atomic mass is 35.6. The minimum atomic E-state index is -0.750. The molecule has 0 N–H and O–H groups in total. The molecular weight excluding hydrogens is 591 g/mol. The van der Waals surface area contributed by atoms with E-state index in [1.54, 1.807) is 0 Å². The molecule has 8 heteroatoms. The number of halogens is 3. The fourth-order valence-corrected chi connectivity index (χ4v) is 5.96. The van der Waals surface area contributed by atoms with Crippen molar-refractivity contribution in [2.45, 2.75) is 41.3 Å². The van der Waals surface area contributed by atoms with E-state index in [2.05, 4.69) is 90.9 Å². The topological polar surface area (TPSA) is 44.9 Å². The second-order valence-corrected chi connectivity index (χ2v) is 13.9. The quantitative estimate of drug-likeness (QED) is 0.188. The summed E-state index contributed by atoms with van der Waals surface area (Å²) in [7, 11) is 0.